The van der Waals surface area contributed by atoms with Crippen molar-refractivity contribution in [3.05, 3.63) is 0 Å². The molecule has 4 nitrogen and oxygen atoms in total. The maximum Gasteiger partial charge on any atom is 0.0476 e. The second kappa shape index (κ2) is 14.9. The van der Waals surface area contributed by atoms with Crippen molar-refractivity contribution in [3.8, 4) is 0 Å². The number of hydrogen-bond acceptors (Lipinski definition) is 4. The number of carboxylic acid groups (broad SMARTS) is 2. The van der Waals surface area contributed by atoms with Crippen LogP contribution >= 0.6 is 0 Å². The molecule has 0 aromatic carbocycles. The van der Waals surface area contributed by atoms with Crippen LogP contribution in [-0.4, -0.2) is 11.9 Å². The molecular weight excluding hydrogens is 340 g/mol. The Morgan fingerprint density at radius 3 is 1.59 bits per heavy atom. The average Bonchev–Trinajstić information content (AvgIpc) is 2.64. The van der Waals surface area contributed by atoms with Crippen LogP contribution in [0.15, 0.2) is 0 Å². The van der Waals surface area contributed by atoms with E-state index in [0.717, 1.165) is 51.4 Å². The third kappa shape index (κ3) is 10.8. The molecule has 0 aromatic rings. The fourth-order valence-corrected chi connectivity index (χ4v) is 4.28. The summed E-state index contributed by atoms with van der Waals surface area (Å²) in [6.45, 7) is 8.61. The Bertz CT molecular complexity index is 387. The first-order chi connectivity index (χ1) is 12.8. The minimum absolute atomic E-state index is 0.00318. The van der Waals surface area contributed by atoms with Crippen molar-refractivity contribution in [2.24, 2.45) is 17.3 Å². The molecule has 0 rings (SSSR count). The van der Waals surface area contributed by atoms with E-state index in [1.54, 1.807) is 0 Å². The maximum absolute atomic E-state index is 12.4. The predicted molar refractivity (Wildman–Crippen MR) is 107 cm³/mol. The summed E-state index contributed by atoms with van der Waals surface area (Å²) in [5, 5.41) is 23.1. The number of hydrogen-bond donors (Lipinski definition) is 0. The van der Waals surface area contributed by atoms with E-state index in [9.17, 15) is 19.8 Å². The van der Waals surface area contributed by atoms with E-state index in [1.807, 2.05) is 0 Å². The minimum Gasteiger partial charge on any atom is -0.550 e. The summed E-state index contributed by atoms with van der Waals surface area (Å²) in [7, 11) is 0. The highest BCUT2D eigenvalue weighted by atomic mass is 16.4. The molecule has 0 N–H and O–H groups in total. The predicted octanol–water partition coefficient (Wildman–Crippen LogP) is 4.25. The van der Waals surface area contributed by atoms with E-state index in [-0.39, 0.29) is 6.42 Å². The average molecular weight is 383 g/mol. The van der Waals surface area contributed by atoms with Crippen molar-refractivity contribution in [2.75, 3.05) is 0 Å². The lowest BCUT2D eigenvalue weighted by Crippen LogP contribution is -2.45. The fraction of sp³-hybridized carbons (Fsp3) is 0.913. The smallest absolute Gasteiger partial charge is 0.0476 e. The van der Waals surface area contributed by atoms with Crippen LogP contribution in [0.2, 0.25) is 0 Å². The van der Waals surface area contributed by atoms with Crippen molar-refractivity contribution in [2.45, 2.75) is 118 Å². The van der Waals surface area contributed by atoms with Gasteiger partial charge in [-0.25, -0.2) is 0 Å². The molecule has 0 fully saturated rings. The largest absolute Gasteiger partial charge is 0.550 e. The lowest BCUT2D eigenvalue weighted by molar-refractivity contribution is -0.322. The zero-order valence-electron chi connectivity index (χ0n) is 18.2. The van der Waals surface area contributed by atoms with E-state index in [2.05, 4.69) is 27.7 Å². The van der Waals surface area contributed by atoms with Crippen LogP contribution in [0.1, 0.15) is 118 Å². The normalized spacial score (nSPS) is 15.9. The van der Waals surface area contributed by atoms with Crippen molar-refractivity contribution < 1.29 is 19.8 Å². The molecule has 2 unspecified atom stereocenters. The van der Waals surface area contributed by atoms with Crippen LogP contribution in [0, 0.1) is 17.3 Å². The van der Waals surface area contributed by atoms with Gasteiger partial charge in [0, 0.05) is 17.4 Å². The second-order valence-corrected chi connectivity index (χ2v) is 8.39. The van der Waals surface area contributed by atoms with Crippen LogP contribution in [0.5, 0.6) is 0 Å². The highest BCUT2D eigenvalue weighted by Gasteiger charge is 2.35. The Labute approximate surface area is 167 Å². The van der Waals surface area contributed by atoms with E-state index in [1.165, 1.54) is 0 Å². The molecule has 0 saturated heterocycles. The van der Waals surface area contributed by atoms with E-state index in [0.29, 0.717) is 43.9 Å². The molecule has 0 heterocycles. The number of carboxylic acids is 2. The molecule has 27 heavy (non-hydrogen) atoms. The number of carbonyl (C=O) groups excluding carboxylic acids is 2. The number of rotatable bonds is 18. The van der Waals surface area contributed by atoms with Gasteiger partial charge in [-0.1, -0.05) is 85.5 Å². The zero-order valence-corrected chi connectivity index (χ0v) is 18.2. The third-order valence-electron chi connectivity index (χ3n) is 6.16. The van der Waals surface area contributed by atoms with Crippen molar-refractivity contribution in [3.63, 3.8) is 0 Å². The van der Waals surface area contributed by atoms with E-state index in [4.69, 9.17) is 0 Å². The van der Waals surface area contributed by atoms with Gasteiger partial charge in [0.15, 0.2) is 0 Å². The quantitative estimate of drug-likeness (QED) is 0.332. The summed E-state index contributed by atoms with van der Waals surface area (Å²) in [4.78, 5) is 23.1. The van der Waals surface area contributed by atoms with Crippen molar-refractivity contribution in [1.29, 1.82) is 0 Å². The second-order valence-electron chi connectivity index (χ2n) is 8.39. The van der Waals surface area contributed by atoms with Gasteiger partial charge < -0.3 is 19.8 Å². The highest BCUT2D eigenvalue weighted by molar-refractivity contribution is 5.72. The Morgan fingerprint density at radius 1 is 0.778 bits per heavy atom. The van der Waals surface area contributed by atoms with Crippen molar-refractivity contribution >= 4 is 11.9 Å². The van der Waals surface area contributed by atoms with Crippen LogP contribution < -0.4 is 10.2 Å². The SMILES string of the molecule is CCCCC(CC)CC(CCCCC(=O)[O-])(CC(CC)CCCC)C(=O)[O-]. The van der Waals surface area contributed by atoms with Gasteiger partial charge in [0.1, 0.15) is 0 Å². The molecule has 0 radical (unpaired) electrons. The Hall–Kier alpha value is -1.06. The van der Waals surface area contributed by atoms with Gasteiger partial charge in [-0.2, -0.15) is 0 Å². The molecule has 0 aliphatic rings. The lowest BCUT2D eigenvalue weighted by atomic mass is 9.67. The molecule has 0 spiro atoms. The molecule has 4 heteroatoms. The first-order valence-electron chi connectivity index (χ1n) is 11.3. The van der Waals surface area contributed by atoms with Gasteiger partial charge in [-0.15, -0.1) is 0 Å². The zero-order chi connectivity index (χ0) is 20.7. The summed E-state index contributed by atoms with van der Waals surface area (Å²) in [5.41, 5.74) is -0.825. The first kappa shape index (κ1) is 25.9. The number of aliphatic carboxylic acids is 2. The fourth-order valence-electron chi connectivity index (χ4n) is 4.28. The Morgan fingerprint density at radius 2 is 1.26 bits per heavy atom. The molecule has 0 aliphatic carbocycles. The number of carbonyl (C=O) groups is 2. The molecule has 2 atom stereocenters. The summed E-state index contributed by atoms with van der Waals surface area (Å²) < 4.78 is 0. The van der Waals surface area contributed by atoms with Gasteiger partial charge in [0.05, 0.1) is 0 Å². The van der Waals surface area contributed by atoms with Gasteiger partial charge >= 0.3 is 0 Å². The van der Waals surface area contributed by atoms with Crippen LogP contribution in [0.25, 0.3) is 0 Å². The summed E-state index contributed by atoms with van der Waals surface area (Å²) in [5.74, 6) is -1.20. The standard InChI is InChI=1S/C23H44O4/c1-5-9-13-19(7-3)17-23(22(26)27,16-12-11-15-21(24)25)18-20(8-4)14-10-6-2/h19-20H,5-18H2,1-4H3,(H,24,25)(H,26,27)/p-2. The lowest BCUT2D eigenvalue weighted by Gasteiger charge is -2.40. The summed E-state index contributed by atoms with van der Waals surface area (Å²) in [6, 6.07) is 0. The molecule has 0 aromatic heterocycles. The summed E-state index contributed by atoms with van der Waals surface area (Å²) in [6.07, 6.45) is 11.5. The molecule has 0 bridgehead atoms. The van der Waals surface area contributed by atoms with Gasteiger partial charge in [-0.3, -0.25) is 0 Å². The molecule has 0 saturated carbocycles. The van der Waals surface area contributed by atoms with Crippen LogP contribution in [0.4, 0.5) is 0 Å². The first-order valence-corrected chi connectivity index (χ1v) is 11.3. The highest BCUT2D eigenvalue weighted by Crippen LogP contribution is 2.42. The molecule has 0 amide bonds. The van der Waals surface area contributed by atoms with Gasteiger partial charge in [0.25, 0.3) is 0 Å². The summed E-state index contributed by atoms with van der Waals surface area (Å²) >= 11 is 0. The molecule has 0 aliphatic heterocycles. The monoisotopic (exact) mass is 382 g/mol. The Kier molecular flexibility index (Phi) is 14.3. The van der Waals surface area contributed by atoms with Crippen molar-refractivity contribution in [1.82, 2.24) is 0 Å². The van der Waals surface area contributed by atoms with E-state index < -0.39 is 17.4 Å². The molecular formula is C23H42O4-2. The van der Waals surface area contributed by atoms with Crippen LogP contribution in [-0.2, 0) is 9.59 Å². The maximum atomic E-state index is 12.4. The number of unbranched alkanes of at least 4 members (excludes halogenated alkanes) is 3. The topological polar surface area (TPSA) is 80.3 Å². The third-order valence-corrected chi connectivity index (χ3v) is 6.16. The minimum atomic E-state index is -1.06. The Balaban J connectivity index is 5.33. The molecule has 160 valence electrons. The van der Waals surface area contributed by atoms with E-state index >= 15 is 0 Å². The van der Waals surface area contributed by atoms with Gasteiger partial charge in [0.2, 0.25) is 0 Å². The van der Waals surface area contributed by atoms with Crippen LogP contribution in [0.3, 0.4) is 0 Å². The van der Waals surface area contributed by atoms with Gasteiger partial charge in [-0.05, 0) is 43.9 Å².